The summed E-state index contributed by atoms with van der Waals surface area (Å²) >= 11 is 0. The summed E-state index contributed by atoms with van der Waals surface area (Å²) in [5.41, 5.74) is 0. The Morgan fingerprint density at radius 1 is 1.12 bits per heavy atom. The van der Waals surface area contributed by atoms with Gasteiger partial charge in [0.05, 0.1) is 0 Å². The third-order valence-corrected chi connectivity index (χ3v) is 4.34. The van der Waals surface area contributed by atoms with Gasteiger partial charge in [0.15, 0.2) is 0 Å². The highest BCUT2D eigenvalue weighted by Gasteiger charge is 2.21. The summed E-state index contributed by atoms with van der Waals surface area (Å²) in [5.74, 6) is 0.970. The zero-order valence-corrected chi connectivity index (χ0v) is 12.6. The average molecular weight is 240 g/mol. The van der Waals surface area contributed by atoms with Gasteiger partial charge in [0, 0.05) is 12.1 Å². The first kappa shape index (κ1) is 15.0. The molecule has 1 aliphatic rings. The van der Waals surface area contributed by atoms with Crippen LogP contribution in [0.3, 0.4) is 0 Å². The van der Waals surface area contributed by atoms with Crippen LogP contribution in [0.15, 0.2) is 0 Å². The van der Waals surface area contributed by atoms with E-state index in [1.807, 2.05) is 0 Å². The normalized spacial score (nSPS) is 19.8. The van der Waals surface area contributed by atoms with Crippen LogP contribution in [0.1, 0.15) is 53.9 Å². The van der Waals surface area contributed by atoms with Crippen LogP contribution >= 0.6 is 0 Å². The van der Waals surface area contributed by atoms with Crippen molar-refractivity contribution in [1.82, 2.24) is 9.80 Å². The van der Waals surface area contributed by atoms with Gasteiger partial charge >= 0.3 is 0 Å². The lowest BCUT2D eigenvalue weighted by Gasteiger charge is -2.35. The molecule has 0 aromatic rings. The standard InChI is InChI=1S/C15H32N2/c1-6-16(13(2)3)10-7-15-8-11-17(12-9-15)14(4)5/h13-15H,6-12H2,1-5H3. The monoisotopic (exact) mass is 240 g/mol. The summed E-state index contributed by atoms with van der Waals surface area (Å²) in [6.45, 7) is 16.7. The minimum absolute atomic E-state index is 0.704. The molecule has 0 aromatic heterocycles. The lowest BCUT2D eigenvalue weighted by molar-refractivity contribution is 0.132. The Morgan fingerprint density at radius 2 is 1.71 bits per heavy atom. The topological polar surface area (TPSA) is 6.48 Å². The van der Waals surface area contributed by atoms with E-state index in [0.29, 0.717) is 6.04 Å². The molecule has 102 valence electrons. The highest BCUT2D eigenvalue weighted by Crippen LogP contribution is 2.22. The van der Waals surface area contributed by atoms with Crippen LogP contribution in [-0.4, -0.2) is 48.1 Å². The zero-order chi connectivity index (χ0) is 12.8. The number of likely N-dealkylation sites (tertiary alicyclic amines) is 1. The molecule has 2 nitrogen and oxygen atoms in total. The maximum Gasteiger partial charge on any atom is 0.00385 e. The van der Waals surface area contributed by atoms with Crippen LogP contribution in [0.4, 0.5) is 0 Å². The summed E-state index contributed by atoms with van der Waals surface area (Å²) in [6, 6.07) is 1.44. The first-order chi connectivity index (χ1) is 8.04. The Morgan fingerprint density at radius 3 is 2.12 bits per heavy atom. The molecule has 0 aromatic carbocycles. The molecule has 0 bridgehead atoms. The molecule has 1 heterocycles. The fourth-order valence-electron chi connectivity index (χ4n) is 2.89. The van der Waals surface area contributed by atoms with Gasteiger partial charge in [-0.3, -0.25) is 0 Å². The Hall–Kier alpha value is -0.0800. The van der Waals surface area contributed by atoms with Gasteiger partial charge in [0.1, 0.15) is 0 Å². The first-order valence-electron chi connectivity index (χ1n) is 7.52. The van der Waals surface area contributed by atoms with Crippen molar-refractivity contribution in [3.8, 4) is 0 Å². The van der Waals surface area contributed by atoms with E-state index in [-0.39, 0.29) is 0 Å². The van der Waals surface area contributed by atoms with Crippen molar-refractivity contribution in [3.63, 3.8) is 0 Å². The molecular weight excluding hydrogens is 208 g/mol. The minimum atomic E-state index is 0.704. The van der Waals surface area contributed by atoms with Crippen LogP contribution in [-0.2, 0) is 0 Å². The SMILES string of the molecule is CCN(CCC1CCN(C(C)C)CC1)C(C)C. The van der Waals surface area contributed by atoms with Crippen LogP contribution in [0.5, 0.6) is 0 Å². The molecule has 0 unspecified atom stereocenters. The van der Waals surface area contributed by atoms with Crippen LogP contribution < -0.4 is 0 Å². The summed E-state index contributed by atoms with van der Waals surface area (Å²) in [4.78, 5) is 5.21. The first-order valence-corrected chi connectivity index (χ1v) is 7.52. The molecule has 0 aliphatic carbocycles. The van der Waals surface area contributed by atoms with Crippen LogP contribution in [0.2, 0.25) is 0 Å². The molecule has 1 saturated heterocycles. The zero-order valence-electron chi connectivity index (χ0n) is 12.6. The molecular formula is C15H32N2. The smallest absolute Gasteiger partial charge is 0.00385 e. The molecule has 0 atom stereocenters. The van der Waals surface area contributed by atoms with Crippen molar-refractivity contribution < 1.29 is 0 Å². The lowest BCUT2D eigenvalue weighted by Crippen LogP contribution is -2.39. The average Bonchev–Trinajstić information content (AvgIpc) is 2.30. The van der Waals surface area contributed by atoms with Crippen molar-refractivity contribution in [3.05, 3.63) is 0 Å². The van der Waals surface area contributed by atoms with E-state index in [2.05, 4.69) is 44.4 Å². The van der Waals surface area contributed by atoms with Gasteiger partial charge in [0.25, 0.3) is 0 Å². The van der Waals surface area contributed by atoms with Gasteiger partial charge in [-0.2, -0.15) is 0 Å². The molecule has 0 N–H and O–H groups in total. The predicted octanol–water partition coefficient (Wildman–Crippen LogP) is 3.23. The van der Waals surface area contributed by atoms with Crippen LogP contribution in [0, 0.1) is 5.92 Å². The van der Waals surface area contributed by atoms with Crippen molar-refractivity contribution in [2.45, 2.75) is 66.0 Å². The Labute approximate surface area is 108 Å². The van der Waals surface area contributed by atoms with E-state index in [9.17, 15) is 0 Å². The van der Waals surface area contributed by atoms with Crippen LogP contribution in [0.25, 0.3) is 0 Å². The molecule has 1 fully saturated rings. The Kier molecular flexibility index (Phi) is 6.50. The van der Waals surface area contributed by atoms with E-state index in [0.717, 1.165) is 12.0 Å². The molecule has 17 heavy (non-hydrogen) atoms. The third-order valence-electron chi connectivity index (χ3n) is 4.34. The lowest BCUT2D eigenvalue weighted by atomic mass is 9.92. The van der Waals surface area contributed by atoms with Crippen molar-refractivity contribution in [2.24, 2.45) is 5.92 Å². The van der Waals surface area contributed by atoms with E-state index in [4.69, 9.17) is 0 Å². The molecule has 2 heteroatoms. The number of nitrogens with zero attached hydrogens (tertiary/aromatic N) is 2. The third kappa shape index (κ3) is 4.97. The molecule has 0 radical (unpaired) electrons. The second-order valence-electron chi connectivity index (χ2n) is 6.08. The van der Waals surface area contributed by atoms with Gasteiger partial charge in [-0.15, -0.1) is 0 Å². The van der Waals surface area contributed by atoms with Gasteiger partial charge < -0.3 is 9.80 Å². The second kappa shape index (κ2) is 7.38. The minimum Gasteiger partial charge on any atom is -0.301 e. The Bertz CT molecular complexity index is 193. The van der Waals surface area contributed by atoms with E-state index >= 15 is 0 Å². The number of rotatable bonds is 6. The molecule has 0 amide bonds. The number of hydrogen-bond acceptors (Lipinski definition) is 2. The molecule has 1 aliphatic heterocycles. The molecule has 1 rings (SSSR count). The maximum absolute atomic E-state index is 2.62. The summed E-state index contributed by atoms with van der Waals surface area (Å²) in [6.07, 6.45) is 4.22. The van der Waals surface area contributed by atoms with Gasteiger partial charge in [-0.1, -0.05) is 6.92 Å². The summed E-state index contributed by atoms with van der Waals surface area (Å²) < 4.78 is 0. The molecule has 0 spiro atoms. The number of hydrogen-bond donors (Lipinski definition) is 0. The van der Waals surface area contributed by atoms with Crippen molar-refractivity contribution >= 4 is 0 Å². The maximum atomic E-state index is 2.62. The fourth-order valence-corrected chi connectivity index (χ4v) is 2.89. The van der Waals surface area contributed by atoms with Crippen molar-refractivity contribution in [1.29, 1.82) is 0 Å². The fraction of sp³-hybridized carbons (Fsp3) is 1.00. The van der Waals surface area contributed by atoms with E-state index in [1.54, 1.807) is 0 Å². The quantitative estimate of drug-likeness (QED) is 0.703. The number of piperidine rings is 1. The summed E-state index contributed by atoms with van der Waals surface area (Å²) in [5, 5.41) is 0. The van der Waals surface area contributed by atoms with Gasteiger partial charge in [0.2, 0.25) is 0 Å². The largest absolute Gasteiger partial charge is 0.301 e. The molecule has 0 saturated carbocycles. The summed E-state index contributed by atoms with van der Waals surface area (Å²) in [7, 11) is 0. The Balaban J connectivity index is 2.22. The van der Waals surface area contributed by atoms with E-state index in [1.165, 1.54) is 45.4 Å². The highest BCUT2D eigenvalue weighted by atomic mass is 15.2. The van der Waals surface area contributed by atoms with Crippen molar-refractivity contribution in [2.75, 3.05) is 26.2 Å². The highest BCUT2D eigenvalue weighted by molar-refractivity contribution is 4.75. The predicted molar refractivity (Wildman–Crippen MR) is 76.4 cm³/mol. The second-order valence-corrected chi connectivity index (χ2v) is 6.08. The van der Waals surface area contributed by atoms with Gasteiger partial charge in [-0.05, 0) is 79.1 Å². The van der Waals surface area contributed by atoms with Gasteiger partial charge in [-0.25, -0.2) is 0 Å². The van der Waals surface area contributed by atoms with E-state index < -0.39 is 0 Å².